The quantitative estimate of drug-likeness (QED) is 0.572. The number of para-hydroxylation sites is 2. The molecule has 0 amide bonds. The molecule has 0 aliphatic carbocycles. The van der Waals surface area contributed by atoms with Crippen LogP contribution in [0.1, 0.15) is 26.3 Å². The minimum absolute atomic E-state index is 0.167. The third-order valence-electron chi connectivity index (χ3n) is 3.35. The molecule has 1 N–H and O–H groups in total. The van der Waals surface area contributed by atoms with Gasteiger partial charge in [-0.15, -0.1) is 0 Å². The van der Waals surface area contributed by atoms with E-state index in [1.54, 1.807) is 0 Å². The van der Waals surface area contributed by atoms with Gasteiger partial charge in [-0.1, -0.05) is 57.2 Å². The lowest BCUT2D eigenvalue weighted by atomic mass is 9.86. The molecule has 0 aliphatic heterocycles. The van der Waals surface area contributed by atoms with E-state index in [0.29, 0.717) is 0 Å². The second-order valence-corrected chi connectivity index (χ2v) is 5.65. The maximum atomic E-state index is 3.55. The van der Waals surface area contributed by atoms with Gasteiger partial charge in [0.1, 0.15) is 0 Å². The van der Waals surface area contributed by atoms with Gasteiger partial charge in [0.05, 0.1) is 5.52 Å². The number of hydrogen-bond donors (Lipinski definition) is 1. The predicted octanol–water partition coefficient (Wildman–Crippen LogP) is 4.62. The van der Waals surface area contributed by atoms with Crippen molar-refractivity contribution < 1.29 is 0 Å². The number of aromatic amines is 1. The molecule has 1 nitrogen and oxygen atoms in total. The van der Waals surface area contributed by atoms with Crippen LogP contribution < -0.4 is 0 Å². The molecular weight excluding hydrogens is 206 g/mol. The number of hydrogen-bond acceptors (Lipinski definition) is 0. The Balaban J connectivity index is 2.48. The Morgan fingerprint density at radius 2 is 1.53 bits per heavy atom. The molecule has 1 aromatic heterocycles. The van der Waals surface area contributed by atoms with Crippen LogP contribution >= 0.6 is 0 Å². The van der Waals surface area contributed by atoms with Crippen LogP contribution in [0.3, 0.4) is 0 Å². The zero-order valence-corrected chi connectivity index (χ0v) is 10.5. The first-order chi connectivity index (χ1) is 8.07. The number of rotatable bonds is 0. The number of benzene rings is 2. The van der Waals surface area contributed by atoms with Crippen molar-refractivity contribution in [2.75, 3.05) is 0 Å². The third-order valence-corrected chi connectivity index (χ3v) is 3.35. The summed E-state index contributed by atoms with van der Waals surface area (Å²) in [7, 11) is 0. The molecule has 0 fully saturated rings. The Hall–Kier alpha value is -1.76. The molecule has 0 spiro atoms. The standard InChI is InChI=1S/C16H17N/c1-16(2,3)13-9-6-8-12-11-7-4-5-10-14(11)17-15(12)13/h4-10,17H,1-3H3. The van der Waals surface area contributed by atoms with Crippen molar-refractivity contribution in [3.8, 4) is 0 Å². The lowest BCUT2D eigenvalue weighted by Gasteiger charge is -2.19. The lowest BCUT2D eigenvalue weighted by Crippen LogP contribution is -2.11. The second kappa shape index (κ2) is 3.36. The maximum absolute atomic E-state index is 3.55. The van der Waals surface area contributed by atoms with E-state index in [1.807, 2.05) is 0 Å². The molecule has 0 saturated heterocycles. The molecule has 0 aliphatic rings. The number of fused-ring (bicyclic) bond motifs is 3. The fraction of sp³-hybridized carbons (Fsp3) is 0.250. The highest BCUT2D eigenvalue weighted by molar-refractivity contribution is 6.08. The summed E-state index contributed by atoms with van der Waals surface area (Å²) in [6.45, 7) is 6.77. The Morgan fingerprint density at radius 1 is 0.824 bits per heavy atom. The topological polar surface area (TPSA) is 15.8 Å². The van der Waals surface area contributed by atoms with Crippen molar-refractivity contribution in [2.45, 2.75) is 26.2 Å². The number of nitrogens with one attached hydrogen (secondary N) is 1. The van der Waals surface area contributed by atoms with E-state index in [9.17, 15) is 0 Å². The van der Waals surface area contributed by atoms with Crippen LogP contribution in [0.5, 0.6) is 0 Å². The molecule has 0 radical (unpaired) electrons. The molecule has 0 atom stereocenters. The van der Waals surface area contributed by atoms with Gasteiger partial charge in [0.25, 0.3) is 0 Å². The van der Waals surface area contributed by atoms with Gasteiger partial charge in [0.2, 0.25) is 0 Å². The van der Waals surface area contributed by atoms with Gasteiger partial charge in [0, 0.05) is 16.3 Å². The van der Waals surface area contributed by atoms with Crippen LogP contribution in [0.25, 0.3) is 21.8 Å². The summed E-state index contributed by atoms with van der Waals surface area (Å²) in [5.41, 5.74) is 4.05. The zero-order chi connectivity index (χ0) is 12.0. The smallest absolute Gasteiger partial charge is 0.0502 e. The summed E-state index contributed by atoms with van der Waals surface area (Å²) in [5.74, 6) is 0. The summed E-state index contributed by atoms with van der Waals surface area (Å²) in [6.07, 6.45) is 0. The largest absolute Gasteiger partial charge is 0.354 e. The van der Waals surface area contributed by atoms with E-state index in [4.69, 9.17) is 0 Å². The van der Waals surface area contributed by atoms with Gasteiger partial charge in [-0.3, -0.25) is 0 Å². The molecule has 2 aromatic carbocycles. The fourth-order valence-corrected chi connectivity index (χ4v) is 2.50. The van der Waals surface area contributed by atoms with E-state index in [0.717, 1.165) is 0 Å². The monoisotopic (exact) mass is 223 g/mol. The van der Waals surface area contributed by atoms with Crippen LogP contribution in [0, 0.1) is 0 Å². The SMILES string of the molecule is CC(C)(C)c1cccc2c1[nH]c1ccccc12. The van der Waals surface area contributed by atoms with Crippen molar-refractivity contribution in [1.29, 1.82) is 0 Å². The minimum atomic E-state index is 0.167. The van der Waals surface area contributed by atoms with Crippen LogP contribution in [0.2, 0.25) is 0 Å². The first kappa shape index (κ1) is 10.4. The first-order valence-corrected chi connectivity index (χ1v) is 6.07. The zero-order valence-electron chi connectivity index (χ0n) is 10.5. The molecule has 1 heterocycles. The van der Waals surface area contributed by atoms with Crippen LogP contribution in [-0.4, -0.2) is 4.98 Å². The van der Waals surface area contributed by atoms with Gasteiger partial charge in [-0.05, 0) is 17.0 Å². The molecule has 86 valence electrons. The molecule has 0 unspecified atom stereocenters. The van der Waals surface area contributed by atoms with Crippen LogP contribution in [0.15, 0.2) is 42.5 Å². The van der Waals surface area contributed by atoms with E-state index in [1.165, 1.54) is 27.4 Å². The highest BCUT2D eigenvalue weighted by atomic mass is 14.7. The van der Waals surface area contributed by atoms with E-state index in [-0.39, 0.29) is 5.41 Å². The van der Waals surface area contributed by atoms with E-state index < -0.39 is 0 Å². The Morgan fingerprint density at radius 3 is 2.29 bits per heavy atom. The third kappa shape index (κ3) is 1.54. The summed E-state index contributed by atoms with van der Waals surface area (Å²) >= 11 is 0. The van der Waals surface area contributed by atoms with Gasteiger partial charge >= 0.3 is 0 Å². The van der Waals surface area contributed by atoms with Gasteiger partial charge in [-0.2, -0.15) is 0 Å². The van der Waals surface area contributed by atoms with Gasteiger partial charge in [0.15, 0.2) is 0 Å². The predicted molar refractivity (Wildman–Crippen MR) is 74.5 cm³/mol. The number of aromatic nitrogens is 1. The Bertz CT molecular complexity index is 683. The van der Waals surface area contributed by atoms with E-state index in [2.05, 4.69) is 68.2 Å². The molecule has 0 saturated carbocycles. The van der Waals surface area contributed by atoms with Crippen LogP contribution in [0.4, 0.5) is 0 Å². The van der Waals surface area contributed by atoms with Crippen molar-refractivity contribution in [3.05, 3.63) is 48.0 Å². The Kier molecular flexibility index (Phi) is 2.06. The van der Waals surface area contributed by atoms with Crippen molar-refractivity contribution >= 4 is 21.8 Å². The second-order valence-electron chi connectivity index (χ2n) is 5.65. The highest BCUT2D eigenvalue weighted by Gasteiger charge is 2.18. The fourth-order valence-electron chi connectivity index (χ4n) is 2.50. The molecule has 3 aromatic rings. The van der Waals surface area contributed by atoms with E-state index >= 15 is 0 Å². The average Bonchev–Trinajstić information content (AvgIpc) is 2.65. The summed E-state index contributed by atoms with van der Waals surface area (Å²) < 4.78 is 0. The minimum Gasteiger partial charge on any atom is -0.354 e. The molecule has 0 bridgehead atoms. The number of H-pyrrole nitrogens is 1. The van der Waals surface area contributed by atoms with Crippen LogP contribution in [-0.2, 0) is 5.41 Å². The molecule has 17 heavy (non-hydrogen) atoms. The van der Waals surface area contributed by atoms with Gasteiger partial charge < -0.3 is 4.98 Å². The highest BCUT2D eigenvalue weighted by Crippen LogP contribution is 2.33. The average molecular weight is 223 g/mol. The molecule has 1 heteroatoms. The Labute approximate surface area is 101 Å². The maximum Gasteiger partial charge on any atom is 0.0502 e. The molecular formula is C16H17N. The lowest BCUT2D eigenvalue weighted by molar-refractivity contribution is 0.595. The molecule has 3 rings (SSSR count). The van der Waals surface area contributed by atoms with Crippen molar-refractivity contribution in [2.24, 2.45) is 0 Å². The van der Waals surface area contributed by atoms with Crippen molar-refractivity contribution in [3.63, 3.8) is 0 Å². The summed E-state index contributed by atoms with van der Waals surface area (Å²) in [4.78, 5) is 3.55. The van der Waals surface area contributed by atoms with Crippen molar-refractivity contribution in [1.82, 2.24) is 4.98 Å². The summed E-state index contributed by atoms with van der Waals surface area (Å²) in [6, 6.07) is 15.1. The first-order valence-electron chi connectivity index (χ1n) is 6.07. The normalized spacial score (nSPS) is 12.4. The van der Waals surface area contributed by atoms with Gasteiger partial charge in [-0.25, -0.2) is 0 Å². The summed E-state index contributed by atoms with van der Waals surface area (Å²) in [5, 5.41) is 2.64.